The lowest BCUT2D eigenvalue weighted by molar-refractivity contribution is -0.207. The molecule has 0 amide bonds. The minimum absolute atomic E-state index is 0.155. The summed E-state index contributed by atoms with van der Waals surface area (Å²) >= 11 is 0. The van der Waals surface area contributed by atoms with Crippen LogP contribution < -0.4 is 0 Å². The van der Waals surface area contributed by atoms with Gasteiger partial charge in [-0.1, -0.05) is 30.3 Å². The topological polar surface area (TPSA) is 61.8 Å². The number of ether oxygens (including phenoxy) is 3. The number of rotatable bonds is 8. The van der Waals surface area contributed by atoms with Crippen LogP contribution in [0, 0.1) is 0 Å². The van der Waals surface area contributed by atoms with Crippen LogP contribution in [0.15, 0.2) is 30.3 Å². The summed E-state index contributed by atoms with van der Waals surface area (Å²) in [6.45, 7) is 1.51. The molecule has 5 nitrogen and oxygen atoms in total. The van der Waals surface area contributed by atoms with Crippen molar-refractivity contribution in [1.82, 2.24) is 0 Å². The van der Waals surface area contributed by atoms with Crippen molar-refractivity contribution in [2.75, 3.05) is 21.3 Å². The smallest absolute Gasteiger partial charge is 0.260 e. The van der Waals surface area contributed by atoms with Gasteiger partial charge in [0.15, 0.2) is 0 Å². The van der Waals surface area contributed by atoms with E-state index in [4.69, 9.17) is 14.2 Å². The normalized spacial score (nSPS) is 13.0. The quantitative estimate of drug-likeness (QED) is 0.532. The first-order valence-corrected chi connectivity index (χ1v) is 6.26. The van der Waals surface area contributed by atoms with E-state index in [1.165, 1.54) is 28.3 Å². The van der Waals surface area contributed by atoms with E-state index in [1.54, 1.807) is 0 Å². The molecule has 1 aromatic carbocycles. The summed E-state index contributed by atoms with van der Waals surface area (Å²) in [7, 11) is 4.05. The van der Waals surface area contributed by atoms with Gasteiger partial charge >= 0.3 is 0 Å². The van der Waals surface area contributed by atoms with Gasteiger partial charge < -0.3 is 14.2 Å². The molecule has 0 aliphatic heterocycles. The molecular formula is C15H20O5. The molecule has 20 heavy (non-hydrogen) atoms. The maximum atomic E-state index is 12.4. The van der Waals surface area contributed by atoms with E-state index < -0.39 is 23.5 Å². The Balaban J connectivity index is 3.02. The lowest BCUT2D eigenvalue weighted by Crippen LogP contribution is -2.51. The monoisotopic (exact) mass is 280 g/mol. The van der Waals surface area contributed by atoms with Crippen molar-refractivity contribution in [3.63, 3.8) is 0 Å². The molecule has 0 spiro atoms. The van der Waals surface area contributed by atoms with Gasteiger partial charge in [0.1, 0.15) is 6.10 Å². The van der Waals surface area contributed by atoms with Crippen molar-refractivity contribution in [3.05, 3.63) is 35.9 Å². The first-order valence-electron chi connectivity index (χ1n) is 6.26. The van der Waals surface area contributed by atoms with Crippen molar-refractivity contribution in [1.29, 1.82) is 0 Å². The molecule has 0 saturated carbocycles. The van der Waals surface area contributed by atoms with Crippen LogP contribution in [0.3, 0.4) is 0 Å². The molecule has 110 valence electrons. The second-order valence-electron chi connectivity index (χ2n) is 4.39. The number of carbonyl (C=O) groups excluding carboxylic acids is 2. The summed E-state index contributed by atoms with van der Waals surface area (Å²) in [5.74, 6) is -3.04. The Bertz CT molecular complexity index is 451. The molecule has 0 aliphatic carbocycles. The molecule has 1 rings (SSSR count). The standard InChI is InChI=1S/C15H20O5/c1-11(18-2)13(16)14(17)15(19-3,20-4)10-12-8-6-5-7-9-12/h5-9,11H,10H2,1-4H3. The third kappa shape index (κ3) is 3.50. The molecule has 5 heteroatoms. The fraction of sp³-hybridized carbons (Fsp3) is 0.467. The van der Waals surface area contributed by atoms with E-state index in [-0.39, 0.29) is 6.42 Å². The molecule has 0 fully saturated rings. The molecule has 0 bridgehead atoms. The highest BCUT2D eigenvalue weighted by molar-refractivity contribution is 6.41. The Hall–Kier alpha value is -1.56. The van der Waals surface area contributed by atoms with Crippen LogP contribution in [0.5, 0.6) is 0 Å². The van der Waals surface area contributed by atoms with Crippen molar-refractivity contribution in [2.45, 2.75) is 25.2 Å². The van der Waals surface area contributed by atoms with Crippen molar-refractivity contribution in [2.24, 2.45) is 0 Å². The van der Waals surface area contributed by atoms with Crippen LogP contribution in [0.1, 0.15) is 12.5 Å². The Labute approximate surface area is 118 Å². The van der Waals surface area contributed by atoms with Crippen LogP contribution in [0.25, 0.3) is 0 Å². The maximum Gasteiger partial charge on any atom is 0.260 e. The summed E-state index contributed by atoms with van der Waals surface area (Å²) < 4.78 is 15.3. The summed E-state index contributed by atoms with van der Waals surface area (Å²) in [4.78, 5) is 24.3. The predicted octanol–water partition coefficient (Wildman–Crippen LogP) is 1.39. The van der Waals surface area contributed by atoms with Gasteiger partial charge in [-0.25, -0.2) is 0 Å². The molecule has 1 aromatic rings. The molecule has 0 radical (unpaired) electrons. The van der Waals surface area contributed by atoms with Gasteiger partial charge in [-0.15, -0.1) is 0 Å². The molecule has 0 aromatic heterocycles. The Morgan fingerprint density at radius 3 is 2.10 bits per heavy atom. The zero-order valence-electron chi connectivity index (χ0n) is 12.2. The third-order valence-corrected chi connectivity index (χ3v) is 3.23. The molecule has 1 atom stereocenters. The zero-order valence-corrected chi connectivity index (χ0v) is 12.2. The van der Waals surface area contributed by atoms with E-state index in [1.807, 2.05) is 30.3 Å². The second kappa shape index (κ2) is 7.28. The molecule has 0 heterocycles. The lowest BCUT2D eigenvalue weighted by atomic mass is 9.96. The Morgan fingerprint density at radius 1 is 1.10 bits per heavy atom. The summed E-state index contributed by atoms with van der Waals surface area (Å²) in [6.07, 6.45) is -0.676. The first kappa shape index (κ1) is 16.5. The number of Topliss-reactive ketones (excluding diaryl/α,β-unsaturated/α-hetero) is 2. The van der Waals surface area contributed by atoms with Gasteiger partial charge in [-0.2, -0.15) is 0 Å². The van der Waals surface area contributed by atoms with E-state index >= 15 is 0 Å². The van der Waals surface area contributed by atoms with Crippen molar-refractivity contribution >= 4 is 11.6 Å². The van der Waals surface area contributed by atoms with Crippen LogP contribution in [-0.4, -0.2) is 44.8 Å². The Kier molecular flexibility index (Phi) is 6.01. The molecular weight excluding hydrogens is 260 g/mol. The lowest BCUT2D eigenvalue weighted by Gasteiger charge is -2.29. The minimum atomic E-state index is -1.62. The van der Waals surface area contributed by atoms with Gasteiger partial charge in [0.05, 0.1) is 0 Å². The molecule has 0 saturated heterocycles. The third-order valence-electron chi connectivity index (χ3n) is 3.23. The molecule has 0 N–H and O–H groups in total. The fourth-order valence-electron chi connectivity index (χ4n) is 1.84. The minimum Gasteiger partial charge on any atom is -0.373 e. The van der Waals surface area contributed by atoms with Gasteiger partial charge in [0, 0.05) is 27.8 Å². The first-order chi connectivity index (χ1) is 9.50. The van der Waals surface area contributed by atoms with Crippen LogP contribution >= 0.6 is 0 Å². The Morgan fingerprint density at radius 2 is 1.65 bits per heavy atom. The fourth-order valence-corrected chi connectivity index (χ4v) is 1.84. The highest BCUT2D eigenvalue weighted by atomic mass is 16.7. The van der Waals surface area contributed by atoms with E-state index in [0.717, 1.165) is 5.56 Å². The number of hydrogen-bond acceptors (Lipinski definition) is 5. The zero-order chi connectivity index (χ0) is 15.2. The highest BCUT2D eigenvalue weighted by Gasteiger charge is 2.44. The molecule has 1 unspecified atom stereocenters. The number of hydrogen-bond donors (Lipinski definition) is 0. The van der Waals surface area contributed by atoms with E-state index in [0.29, 0.717) is 0 Å². The largest absolute Gasteiger partial charge is 0.373 e. The van der Waals surface area contributed by atoms with Crippen LogP contribution in [0.4, 0.5) is 0 Å². The predicted molar refractivity (Wildman–Crippen MR) is 73.4 cm³/mol. The van der Waals surface area contributed by atoms with Crippen LogP contribution in [0.2, 0.25) is 0 Å². The summed E-state index contributed by atoms with van der Waals surface area (Å²) in [5.41, 5.74) is 0.836. The average molecular weight is 280 g/mol. The second-order valence-corrected chi connectivity index (χ2v) is 4.39. The molecule has 0 aliphatic rings. The van der Waals surface area contributed by atoms with E-state index in [9.17, 15) is 9.59 Å². The van der Waals surface area contributed by atoms with E-state index in [2.05, 4.69) is 0 Å². The van der Waals surface area contributed by atoms with Gasteiger partial charge in [-0.3, -0.25) is 9.59 Å². The average Bonchev–Trinajstić information content (AvgIpc) is 2.51. The van der Waals surface area contributed by atoms with Crippen LogP contribution in [-0.2, 0) is 30.2 Å². The number of ketones is 2. The SMILES string of the molecule is COC(C)C(=O)C(=O)C(Cc1ccccc1)(OC)OC. The van der Waals surface area contributed by atoms with Gasteiger partial charge in [-0.05, 0) is 12.5 Å². The number of carbonyl (C=O) groups is 2. The number of methoxy groups -OCH3 is 3. The summed E-state index contributed by atoms with van der Waals surface area (Å²) in [5, 5.41) is 0. The van der Waals surface area contributed by atoms with Crippen molar-refractivity contribution < 1.29 is 23.8 Å². The number of benzene rings is 1. The summed E-state index contributed by atoms with van der Waals surface area (Å²) in [6, 6.07) is 9.23. The maximum absolute atomic E-state index is 12.4. The van der Waals surface area contributed by atoms with Gasteiger partial charge in [0.25, 0.3) is 5.78 Å². The van der Waals surface area contributed by atoms with Crippen molar-refractivity contribution in [3.8, 4) is 0 Å². The van der Waals surface area contributed by atoms with Gasteiger partial charge in [0.2, 0.25) is 11.6 Å². The highest BCUT2D eigenvalue weighted by Crippen LogP contribution is 2.21.